The Hall–Kier alpha value is -3.48. The first-order valence-electron chi connectivity index (χ1n) is 12.1. The molecule has 3 aromatic rings. The number of hydrogen-bond donors (Lipinski definition) is 0. The van der Waals surface area contributed by atoms with Crippen LogP contribution in [-0.2, 0) is 30.4 Å². The van der Waals surface area contributed by atoms with Crippen molar-refractivity contribution in [3.63, 3.8) is 0 Å². The number of esters is 2. The predicted molar refractivity (Wildman–Crippen MR) is 128 cm³/mol. The van der Waals surface area contributed by atoms with E-state index >= 15 is 0 Å². The topological polar surface area (TPSA) is 65.1 Å². The van der Waals surface area contributed by atoms with Crippen LogP contribution in [0, 0.1) is 5.92 Å². The molecule has 3 aromatic carbocycles. The van der Waals surface area contributed by atoms with E-state index in [-0.39, 0.29) is 12.5 Å². The monoisotopic (exact) mass is 469 g/mol. The van der Waals surface area contributed by atoms with Crippen molar-refractivity contribution in [2.75, 3.05) is 13.1 Å². The van der Waals surface area contributed by atoms with Gasteiger partial charge in [-0.1, -0.05) is 91.0 Å². The lowest BCUT2D eigenvalue weighted by atomic mass is 9.66. The van der Waals surface area contributed by atoms with Gasteiger partial charge >= 0.3 is 11.9 Å². The van der Waals surface area contributed by atoms with Crippen molar-refractivity contribution in [1.29, 1.82) is 0 Å². The molecule has 0 N–H and O–H groups in total. The Morgan fingerprint density at radius 3 is 1.86 bits per heavy atom. The summed E-state index contributed by atoms with van der Waals surface area (Å²) in [6.07, 6.45) is 1.58. The second kappa shape index (κ2) is 8.63. The summed E-state index contributed by atoms with van der Waals surface area (Å²) in [5.41, 5.74) is 1.54. The molecule has 4 saturated heterocycles. The minimum absolute atomic E-state index is 0.108. The number of rotatable bonds is 6. The quantitative estimate of drug-likeness (QED) is 0.397. The third kappa shape index (κ3) is 3.39. The molecule has 4 aliphatic heterocycles. The fourth-order valence-corrected chi connectivity index (χ4v) is 6.15. The Bertz CT molecular complexity index is 1170. The number of ether oxygens (including phenoxy) is 3. The molecule has 0 aromatic heterocycles. The summed E-state index contributed by atoms with van der Waals surface area (Å²) in [6, 6.07) is 29.7. The summed E-state index contributed by atoms with van der Waals surface area (Å²) in [7, 11) is 0. The Labute approximate surface area is 204 Å². The summed E-state index contributed by atoms with van der Waals surface area (Å²) in [5, 5.41) is 0. The first kappa shape index (κ1) is 22.0. The van der Waals surface area contributed by atoms with Crippen LogP contribution in [0.4, 0.5) is 0 Å². The molecule has 2 unspecified atom stereocenters. The van der Waals surface area contributed by atoms with Crippen LogP contribution in [0.5, 0.6) is 0 Å². The molecular formula is C29H27NO5. The zero-order valence-electron chi connectivity index (χ0n) is 19.3. The summed E-state index contributed by atoms with van der Waals surface area (Å²) >= 11 is 0. The van der Waals surface area contributed by atoms with Crippen molar-refractivity contribution in [1.82, 2.24) is 4.90 Å². The molecule has 4 heterocycles. The maximum absolute atomic E-state index is 12.9. The Kier molecular flexibility index (Phi) is 5.43. The van der Waals surface area contributed by atoms with Crippen molar-refractivity contribution in [2.24, 2.45) is 5.92 Å². The Morgan fingerprint density at radius 1 is 0.771 bits per heavy atom. The van der Waals surface area contributed by atoms with E-state index in [2.05, 4.69) is 4.90 Å². The molecule has 6 nitrogen and oxygen atoms in total. The molecule has 4 fully saturated rings. The highest BCUT2D eigenvalue weighted by Crippen LogP contribution is 2.59. The number of carbonyl (C=O) groups excluding carboxylic acids is 2. The molecule has 0 radical (unpaired) electrons. The van der Waals surface area contributed by atoms with Crippen molar-refractivity contribution in [3.05, 3.63) is 108 Å². The van der Waals surface area contributed by atoms with E-state index in [1.54, 1.807) is 0 Å². The number of nitrogens with zero attached hydrogens (tertiary/aromatic N) is 1. The molecule has 0 spiro atoms. The molecule has 35 heavy (non-hydrogen) atoms. The molecule has 0 aliphatic carbocycles. The smallest absolute Gasteiger partial charge is 0.420 e. The van der Waals surface area contributed by atoms with Crippen molar-refractivity contribution in [3.8, 4) is 0 Å². The lowest BCUT2D eigenvalue weighted by molar-refractivity contribution is -0.417. The van der Waals surface area contributed by atoms with E-state index in [9.17, 15) is 9.59 Å². The summed E-state index contributed by atoms with van der Waals surface area (Å²) in [4.78, 5) is 27.9. The molecule has 0 amide bonds. The lowest BCUT2D eigenvalue weighted by Crippen LogP contribution is -2.82. The van der Waals surface area contributed by atoms with Gasteiger partial charge in [0.1, 0.15) is 0 Å². The van der Waals surface area contributed by atoms with Gasteiger partial charge in [0.05, 0.1) is 12.5 Å². The second-order valence-electron chi connectivity index (χ2n) is 9.43. The van der Waals surface area contributed by atoms with Gasteiger partial charge in [-0.3, -0.25) is 4.90 Å². The van der Waals surface area contributed by atoms with Crippen LogP contribution in [0.3, 0.4) is 0 Å². The third-order valence-electron chi connectivity index (χ3n) is 7.61. The highest BCUT2D eigenvalue weighted by atomic mass is 16.8. The molecule has 178 valence electrons. The molecule has 6 heteroatoms. The van der Waals surface area contributed by atoms with E-state index in [0.717, 1.165) is 42.6 Å². The molecule has 0 saturated carbocycles. The van der Waals surface area contributed by atoms with Crippen LogP contribution in [0.2, 0.25) is 0 Å². The van der Waals surface area contributed by atoms with Gasteiger partial charge in [-0.25, -0.2) is 9.59 Å². The van der Waals surface area contributed by atoms with Crippen LogP contribution in [0.15, 0.2) is 91.0 Å². The predicted octanol–water partition coefficient (Wildman–Crippen LogP) is 4.25. The molecule has 2 bridgehead atoms. The largest absolute Gasteiger partial charge is 0.427 e. The van der Waals surface area contributed by atoms with Crippen LogP contribution >= 0.6 is 0 Å². The standard InChI is InChI=1S/C29H27NO5/c31-26-27(32)35-29(33-20-21-10-4-1-5-11-21)24-16-18-30(19-17-24)28(29,34-26)25(22-12-6-2-7-13-22)23-14-8-3-9-15-23/h1-15,24-25H,16-20H2. The van der Waals surface area contributed by atoms with Crippen molar-refractivity contribution >= 4 is 11.9 Å². The van der Waals surface area contributed by atoms with Crippen LogP contribution < -0.4 is 0 Å². The fraction of sp³-hybridized carbons (Fsp3) is 0.310. The highest BCUT2D eigenvalue weighted by Gasteiger charge is 2.76. The average Bonchev–Trinajstić information content (AvgIpc) is 2.91. The SMILES string of the molecule is O=C1OC2(OCc3ccccc3)C3CCN(CC3)C2(C(c2ccccc2)c2ccccc2)OC1=O. The number of piperidine rings is 3. The zero-order chi connectivity index (χ0) is 23.9. The van der Waals surface area contributed by atoms with Gasteiger partial charge in [0.15, 0.2) is 0 Å². The minimum Gasteiger partial charge on any atom is -0.427 e. The number of carbonyl (C=O) groups is 2. The lowest BCUT2D eigenvalue weighted by Gasteiger charge is -2.65. The summed E-state index contributed by atoms with van der Waals surface area (Å²) < 4.78 is 19.0. The number of fused-ring (bicyclic) bond motifs is 2. The van der Waals surface area contributed by atoms with E-state index in [0.29, 0.717) is 0 Å². The van der Waals surface area contributed by atoms with Gasteiger partial charge in [0.2, 0.25) is 5.72 Å². The van der Waals surface area contributed by atoms with Gasteiger partial charge in [0, 0.05) is 19.0 Å². The average molecular weight is 470 g/mol. The normalized spacial score (nSPS) is 29.4. The van der Waals surface area contributed by atoms with E-state index < -0.39 is 29.4 Å². The fourth-order valence-electron chi connectivity index (χ4n) is 6.15. The maximum Gasteiger partial charge on any atom is 0.420 e. The Morgan fingerprint density at radius 2 is 1.29 bits per heavy atom. The Balaban J connectivity index is 1.57. The zero-order valence-corrected chi connectivity index (χ0v) is 19.3. The van der Waals surface area contributed by atoms with Crippen LogP contribution in [0.25, 0.3) is 0 Å². The molecular weight excluding hydrogens is 442 g/mol. The number of benzene rings is 3. The minimum atomic E-state index is -1.44. The van der Waals surface area contributed by atoms with E-state index in [1.165, 1.54) is 0 Å². The first-order chi connectivity index (χ1) is 17.1. The van der Waals surface area contributed by atoms with Crippen LogP contribution in [0.1, 0.15) is 35.4 Å². The van der Waals surface area contributed by atoms with Crippen molar-refractivity contribution in [2.45, 2.75) is 36.9 Å². The van der Waals surface area contributed by atoms with Gasteiger partial charge in [0.25, 0.3) is 5.79 Å². The van der Waals surface area contributed by atoms with Gasteiger partial charge in [-0.15, -0.1) is 0 Å². The van der Waals surface area contributed by atoms with Gasteiger partial charge in [-0.05, 0) is 29.5 Å². The summed E-state index contributed by atoms with van der Waals surface area (Å²) in [5.74, 6) is -3.96. The molecule has 2 atom stereocenters. The third-order valence-corrected chi connectivity index (χ3v) is 7.61. The van der Waals surface area contributed by atoms with Crippen molar-refractivity contribution < 1.29 is 23.8 Å². The van der Waals surface area contributed by atoms with Gasteiger partial charge < -0.3 is 14.2 Å². The highest BCUT2D eigenvalue weighted by molar-refractivity contribution is 6.30. The second-order valence-corrected chi connectivity index (χ2v) is 9.43. The maximum atomic E-state index is 12.9. The van der Waals surface area contributed by atoms with Crippen LogP contribution in [-0.4, -0.2) is 41.4 Å². The van der Waals surface area contributed by atoms with E-state index in [4.69, 9.17) is 14.2 Å². The number of hydrogen-bond acceptors (Lipinski definition) is 6. The van der Waals surface area contributed by atoms with E-state index in [1.807, 2.05) is 91.0 Å². The molecule has 7 rings (SSSR count). The van der Waals surface area contributed by atoms with Gasteiger partial charge in [-0.2, -0.15) is 0 Å². The first-order valence-corrected chi connectivity index (χ1v) is 12.1. The summed E-state index contributed by atoms with van der Waals surface area (Å²) in [6.45, 7) is 1.68. The molecule has 4 aliphatic rings.